The molecule has 0 unspecified atom stereocenters. The lowest BCUT2D eigenvalue weighted by atomic mass is 9.95. The van der Waals surface area contributed by atoms with Crippen LogP contribution in [0.25, 0.3) is 16.7 Å². The van der Waals surface area contributed by atoms with Crippen molar-refractivity contribution in [3.05, 3.63) is 112 Å². The van der Waals surface area contributed by atoms with Crippen LogP contribution in [0.2, 0.25) is 5.02 Å². The number of Topliss-reactive ketones (excluding diaryl/α,β-unsaturated/α-hetero) is 1. The van der Waals surface area contributed by atoms with E-state index in [2.05, 4.69) is 4.98 Å². The number of ketones is 1. The lowest BCUT2D eigenvalue weighted by Gasteiger charge is -2.25. The second-order valence-corrected chi connectivity index (χ2v) is 8.60. The summed E-state index contributed by atoms with van der Waals surface area (Å²) in [6.45, 7) is 0.213. The third kappa shape index (κ3) is 3.86. The minimum Gasteiger partial charge on any atom is -0.507 e. The third-order valence-corrected chi connectivity index (χ3v) is 6.37. The minimum atomic E-state index is -0.920. The first-order chi connectivity index (χ1) is 16.4. The number of hydrogen-bond acceptors (Lipinski definition) is 3. The summed E-state index contributed by atoms with van der Waals surface area (Å²) in [7, 11) is 0. The van der Waals surface area contributed by atoms with Crippen LogP contribution in [0.4, 0.5) is 4.39 Å². The lowest BCUT2D eigenvalue weighted by Crippen LogP contribution is -2.31. The fourth-order valence-electron chi connectivity index (χ4n) is 4.48. The predicted octanol–water partition coefficient (Wildman–Crippen LogP) is 5.62. The van der Waals surface area contributed by atoms with E-state index in [1.165, 1.54) is 23.1 Å². The number of hydrogen-bond donors (Lipinski definition) is 2. The summed E-state index contributed by atoms with van der Waals surface area (Å²) in [5.41, 5.74) is 2.66. The molecule has 34 heavy (non-hydrogen) atoms. The van der Waals surface area contributed by atoms with E-state index in [-0.39, 0.29) is 17.9 Å². The number of aliphatic hydroxyl groups excluding tert-OH is 1. The maximum absolute atomic E-state index is 14.1. The molecule has 0 bridgehead atoms. The Kier molecular flexibility index (Phi) is 5.67. The van der Waals surface area contributed by atoms with Gasteiger partial charge in [0, 0.05) is 34.2 Å². The molecule has 1 amide bonds. The second-order valence-electron chi connectivity index (χ2n) is 8.16. The predicted molar refractivity (Wildman–Crippen MR) is 129 cm³/mol. The molecule has 1 aliphatic heterocycles. The van der Waals surface area contributed by atoms with E-state index in [9.17, 15) is 19.1 Å². The van der Waals surface area contributed by atoms with Gasteiger partial charge in [-0.1, -0.05) is 41.9 Å². The van der Waals surface area contributed by atoms with Crippen molar-refractivity contribution in [2.75, 3.05) is 6.54 Å². The molecule has 0 spiro atoms. The van der Waals surface area contributed by atoms with Crippen LogP contribution in [0, 0.1) is 5.82 Å². The van der Waals surface area contributed by atoms with E-state index in [4.69, 9.17) is 11.6 Å². The van der Waals surface area contributed by atoms with Gasteiger partial charge < -0.3 is 15.0 Å². The van der Waals surface area contributed by atoms with Gasteiger partial charge in [0.05, 0.1) is 11.6 Å². The van der Waals surface area contributed by atoms with Gasteiger partial charge in [0.1, 0.15) is 11.6 Å². The molecule has 0 aliphatic carbocycles. The summed E-state index contributed by atoms with van der Waals surface area (Å²) < 4.78 is 14.1. The summed E-state index contributed by atoms with van der Waals surface area (Å²) in [6.07, 6.45) is 2.36. The molecule has 0 radical (unpaired) electrons. The number of halogens is 2. The molecule has 2 heterocycles. The number of aromatic nitrogens is 1. The van der Waals surface area contributed by atoms with Crippen molar-refractivity contribution >= 4 is 40.0 Å². The van der Waals surface area contributed by atoms with Crippen molar-refractivity contribution in [2.24, 2.45) is 0 Å². The Morgan fingerprint density at radius 2 is 1.79 bits per heavy atom. The van der Waals surface area contributed by atoms with Crippen molar-refractivity contribution in [1.82, 2.24) is 9.88 Å². The zero-order valence-electron chi connectivity index (χ0n) is 18.0. The van der Waals surface area contributed by atoms with Crippen LogP contribution in [0.15, 0.2) is 84.6 Å². The molecule has 2 N–H and O–H groups in total. The highest BCUT2D eigenvalue weighted by Gasteiger charge is 2.46. The normalized spacial score (nSPS) is 17.6. The zero-order valence-corrected chi connectivity index (χ0v) is 18.7. The van der Waals surface area contributed by atoms with Crippen molar-refractivity contribution in [1.29, 1.82) is 0 Å². The highest BCUT2D eigenvalue weighted by atomic mass is 35.5. The average molecular weight is 475 g/mol. The first-order valence-corrected chi connectivity index (χ1v) is 11.2. The van der Waals surface area contributed by atoms with E-state index < -0.39 is 23.5 Å². The molecule has 3 aromatic carbocycles. The monoisotopic (exact) mass is 474 g/mol. The van der Waals surface area contributed by atoms with E-state index >= 15 is 0 Å². The molecular formula is C27H20ClFN2O3. The molecule has 170 valence electrons. The third-order valence-electron chi connectivity index (χ3n) is 6.12. The summed E-state index contributed by atoms with van der Waals surface area (Å²) in [4.78, 5) is 30.8. The van der Waals surface area contributed by atoms with Gasteiger partial charge in [0.2, 0.25) is 0 Å². The topological polar surface area (TPSA) is 73.4 Å². The van der Waals surface area contributed by atoms with E-state index in [1.54, 1.807) is 30.3 Å². The molecule has 4 aromatic rings. The number of amides is 1. The fourth-order valence-corrected chi connectivity index (χ4v) is 4.60. The van der Waals surface area contributed by atoms with Crippen molar-refractivity contribution < 1.29 is 19.1 Å². The van der Waals surface area contributed by atoms with Crippen molar-refractivity contribution in [3.8, 4) is 0 Å². The Morgan fingerprint density at radius 3 is 2.56 bits per heavy atom. The second kappa shape index (κ2) is 8.80. The van der Waals surface area contributed by atoms with Gasteiger partial charge >= 0.3 is 0 Å². The number of para-hydroxylation sites is 1. The number of nitrogens with zero attached hydrogens (tertiary/aromatic N) is 1. The van der Waals surface area contributed by atoms with Gasteiger partial charge in [0.25, 0.3) is 11.7 Å². The van der Waals surface area contributed by atoms with Crippen LogP contribution >= 0.6 is 11.6 Å². The van der Waals surface area contributed by atoms with Gasteiger partial charge in [-0.25, -0.2) is 4.39 Å². The van der Waals surface area contributed by atoms with E-state index in [0.717, 1.165) is 16.5 Å². The molecule has 5 rings (SSSR count). The lowest BCUT2D eigenvalue weighted by molar-refractivity contribution is -0.139. The summed E-state index contributed by atoms with van der Waals surface area (Å²) in [5.74, 6) is -2.35. The highest BCUT2D eigenvalue weighted by molar-refractivity contribution is 6.46. The standard InChI is InChI=1S/C27H20ClFN2O3/c28-19-10-8-16(9-11-19)25(32)23-24(17-4-3-5-20(29)14-17)31(27(34)26(23)33)13-12-18-15-30-22-7-2-1-6-21(18)22/h1-11,14-15,24,30,32H,12-13H2/t24-/m0/s1. The average Bonchev–Trinajstić information content (AvgIpc) is 3.36. The molecule has 1 saturated heterocycles. The Bertz CT molecular complexity index is 1440. The van der Waals surface area contributed by atoms with Crippen molar-refractivity contribution in [3.63, 3.8) is 0 Å². The van der Waals surface area contributed by atoms with Gasteiger partial charge in [-0.2, -0.15) is 0 Å². The number of carbonyl (C=O) groups excluding carboxylic acids is 2. The molecule has 1 aromatic heterocycles. The Morgan fingerprint density at radius 1 is 1.03 bits per heavy atom. The van der Waals surface area contributed by atoms with Gasteiger partial charge in [-0.15, -0.1) is 0 Å². The summed E-state index contributed by atoms with van der Waals surface area (Å²) in [6, 6.07) is 18.9. The smallest absolute Gasteiger partial charge is 0.295 e. The zero-order chi connectivity index (χ0) is 23.8. The van der Waals surface area contributed by atoms with Gasteiger partial charge in [-0.3, -0.25) is 9.59 Å². The van der Waals surface area contributed by atoms with Crippen LogP contribution < -0.4 is 0 Å². The number of benzene rings is 3. The molecule has 5 nitrogen and oxygen atoms in total. The number of H-pyrrole nitrogens is 1. The largest absolute Gasteiger partial charge is 0.507 e. The summed E-state index contributed by atoms with van der Waals surface area (Å²) in [5, 5.41) is 12.5. The van der Waals surface area contributed by atoms with Crippen LogP contribution in [0.5, 0.6) is 0 Å². The maximum atomic E-state index is 14.1. The highest BCUT2D eigenvalue weighted by Crippen LogP contribution is 2.40. The van der Waals surface area contributed by atoms with E-state index in [1.807, 2.05) is 30.5 Å². The number of fused-ring (bicyclic) bond motifs is 1. The number of rotatable bonds is 5. The quantitative estimate of drug-likeness (QED) is 0.224. The Balaban J connectivity index is 1.57. The maximum Gasteiger partial charge on any atom is 0.295 e. The number of likely N-dealkylation sites (tertiary alicyclic amines) is 1. The Hall–Kier alpha value is -3.90. The molecular weight excluding hydrogens is 455 g/mol. The number of aliphatic hydroxyl groups is 1. The molecule has 0 saturated carbocycles. The van der Waals surface area contributed by atoms with Crippen LogP contribution in [0.3, 0.4) is 0 Å². The first kappa shape index (κ1) is 21.9. The van der Waals surface area contributed by atoms with Crippen LogP contribution in [-0.4, -0.2) is 33.2 Å². The molecule has 7 heteroatoms. The summed E-state index contributed by atoms with van der Waals surface area (Å²) >= 11 is 5.95. The first-order valence-electron chi connectivity index (χ1n) is 10.8. The van der Waals surface area contributed by atoms with Crippen LogP contribution in [-0.2, 0) is 16.0 Å². The number of nitrogens with one attached hydrogen (secondary N) is 1. The van der Waals surface area contributed by atoms with Crippen molar-refractivity contribution in [2.45, 2.75) is 12.5 Å². The number of carbonyl (C=O) groups is 2. The Labute approximate surface area is 200 Å². The van der Waals surface area contributed by atoms with E-state index in [0.29, 0.717) is 22.6 Å². The van der Waals surface area contributed by atoms with Crippen LogP contribution in [0.1, 0.15) is 22.7 Å². The SMILES string of the molecule is O=C1C(=O)N(CCc2c[nH]c3ccccc23)[C@@H](c2cccc(F)c2)C1=C(O)c1ccc(Cl)cc1. The van der Waals surface area contributed by atoms with Gasteiger partial charge in [0.15, 0.2) is 0 Å². The number of aromatic amines is 1. The molecule has 1 aliphatic rings. The molecule has 1 fully saturated rings. The minimum absolute atomic E-state index is 0.0724. The molecule has 1 atom stereocenters. The van der Waals surface area contributed by atoms with Gasteiger partial charge in [-0.05, 0) is 60.0 Å². The fraction of sp³-hybridized carbons (Fsp3) is 0.111.